The molecule has 0 radical (unpaired) electrons. The normalized spacial score (nSPS) is 17.3. The Hall–Kier alpha value is -3.91. The van der Waals surface area contributed by atoms with Crippen molar-refractivity contribution in [2.24, 2.45) is 0 Å². The minimum atomic E-state index is -0.246. The van der Waals surface area contributed by atoms with E-state index < -0.39 is 0 Å². The fourth-order valence-corrected chi connectivity index (χ4v) is 5.33. The first-order valence-corrected chi connectivity index (χ1v) is 12.6. The minimum Gasteiger partial charge on any atom is -0.336 e. The lowest BCUT2D eigenvalue weighted by atomic mass is 9.87. The van der Waals surface area contributed by atoms with Gasteiger partial charge in [-0.05, 0) is 55.1 Å². The molecule has 0 N–H and O–H groups in total. The van der Waals surface area contributed by atoms with Crippen molar-refractivity contribution in [3.8, 4) is 11.3 Å². The molecule has 4 aromatic rings. The molecule has 1 amide bonds. The number of rotatable bonds is 3. The van der Waals surface area contributed by atoms with E-state index in [9.17, 15) is 9.18 Å². The van der Waals surface area contributed by atoms with E-state index in [1.165, 1.54) is 6.07 Å². The Kier molecular flexibility index (Phi) is 5.64. The molecule has 0 unspecified atom stereocenters. The molecule has 2 aliphatic heterocycles. The number of hydrogen-bond donors (Lipinski definition) is 0. The molecular weight excluding hydrogens is 467 g/mol. The summed E-state index contributed by atoms with van der Waals surface area (Å²) in [5, 5.41) is 0. The number of carbonyl (C=O) groups is 1. The number of amides is 1. The van der Waals surface area contributed by atoms with Gasteiger partial charge in [-0.25, -0.2) is 19.3 Å². The Morgan fingerprint density at radius 1 is 0.973 bits per heavy atom. The van der Waals surface area contributed by atoms with Crippen LogP contribution in [-0.4, -0.2) is 70.4 Å². The van der Waals surface area contributed by atoms with Crippen molar-refractivity contribution < 1.29 is 9.18 Å². The fourth-order valence-electron chi connectivity index (χ4n) is 5.33. The van der Waals surface area contributed by atoms with Crippen molar-refractivity contribution in [3.63, 3.8) is 0 Å². The zero-order valence-electron chi connectivity index (χ0n) is 21.3. The highest BCUT2D eigenvalue weighted by molar-refractivity contribution is 5.96. The Morgan fingerprint density at radius 2 is 1.78 bits per heavy atom. The molecule has 1 fully saturated rings. The number of nitrogens with zero attached hydrogens (tertiary/aromatic N) is 6. The highest BCUT2D eigenvalue weighted by Crippen LogP contribution is 2.45. The summed E-state index contributed by atoms with van der Waals surface area (Å²) in [5.74, 6) is 0.491. The summed E-state index contributed by atoms with van der Waals surface area (Å²) in [6.07, 6.45) is 1.54. The quantitative estimate of drug-likeness (QED) is 0.412. The van der Waals surface area contributed by atoms with Crippen LogP contribution in [0.15, 0.2) is 60.9 Å². The zero-order chi connectivity index (χ0) is 25.7. The lowest BCUT2D eigenvalue weighted by Gasteiger charge is -2.32. The first-order valence-electron chi connectivity index (χ1n) is 12.6. The van der Waals surface area contributed by atoms with Gasteiger partial charge in [-0.3, -0.25) is 4.79 Å². The Labute approximate surface area is 215 Å². The van der Waals surface area contributed by atoms with Crippen LogP contribution in [0, 0.1) is 5.82 Å². The second-order valence-electron chi connectivity index (χ2n) is 10.6. The van der Waals surface area contributed by atoms with Crippen molar-refractivity contribution in [2.75, 3.05) is 44.7 Å². The fraction of sp³-hybridized carbons (Fsp3) is 0.310. The topological polar surface area (TPSA) is 65.5 Å². The Balaban J connectivity index is 1.38. The largest absolute Gasteiger partial charge is 0.336 e. The van der Waals surface area contributed by atoms with Gasteiger partial charge in [0.15, 0.2) is 5.82 Å². The molecule has 37 heavy (non-hydrogen) atoms. The van der Waals surface area contributed by atoms with Crippen LogP contribution >= 0.6 is 0 Å². The molecule has 4 heterocycles. The first kappa shape index (κ1) is 23.5. The number of halogens is 1. The molecule has 188 valence electrons. The van der Waals surface area contributed by atoms with Crippen LogP contribution in [0.3, 0.4) is 0 Å². The minimum absolute atomic E-state index is 0.0444. The van der Waals surface area contributed by atoms with Gasteiger partial charge in [0.05, 0.1) is 11.2 Å². The van der Waals surface area contributed by atoms with Crippen LogP contribution in [0.25, 0.3) is 22.3 Å². The van der Waals surface area contributed by atoms with Gasteiger partial charge >= 0.3 is 0 Å². The third kappa shape index (κ3) is 4.21. The number of piperazine rings is 1. The third-order valence-corrected chi connectivity index (χ3v) is 7.45. The number of likely N-dealkylation sites (N-methyl/N-ethyl adjacent to an activating group) is 1. The summed E-state index contributed by atoms with van der Waals surface area (Å²) in [5.41, 5.74) is 5.30. The summed E-state index contributed by atoms with van der Waals surface area (Å²) in [7, 11) is 2.08. The molecule has 0 spiro atoms. The van der Waals surface area contributed by atoms with Crippen molar-refractivity contribution in [1.29, 1.82) is 0 Å². The second kappa shape index (κ2) is 8.88. The molecule has 2 aromatic heterocycles. The van der Waals surface area contributed by atoms with Crippen LogP contribution in [0.1, 0.15) is 29.8 Å². The van der Waals surface area contributed by atoms with E-state index in [1.54, 1.807) is 12.4 Å². The van der Waals surface area contributed by atoms with Crippen molar-refractivity contribution in [3.05, 3.63) is 77.9 Å². The number of anilines is 2. The SMILES string of the molecule is CN1CCN(C(=O)c2cccc(-c3ccc4ncnc(N5CC(C)(C)c6cc(F)ccc65)c4n3)c2)CC1. The number of fused-ring (bicyclic) bond motifs is 2. The molecule has 0 saturated carbocycles. The molecule has 0 bridgehead atoms. The second-order valence-corrected chi connectivity index (χ2v) is 10.6. The Morgan fingerprint density at radius 3 is 2.59 bits per heavy atom. The van der Waals surface area contributed by atoms with Crippen LogP contribution in [0.4, 0.5) is 15.9 Å². The number of aromatic nitrogens is 3. The summed E-state index contributed by atoms with van der Waals surface area (Å²) < 4.78 is 14.1. The van der Waals surface area contributed by atoms with E-state index in [2.05, 4.69) is 40.7 Å². The van der Waals surface area contributed by atoms with E-state index in [0.29, 0.717) is 23.4 Å². The maximum absolute atomic E-state index is 14.1. The van der Waals surface area contributed by atoms with Crippen LogP contribution in [0.5, 0.6) is 0 Å². The van der Waals surface area contributed by atoms with E-state index >= 15 is 0 Å². The van der Waals surface area contributed by atoms with Gasteiger partial charge in [0.25, 0.3) is 5.91 Å². The van der Waals surface area contributed by atoms with Gasteiger partial charge in [0.1, 0.15) is 17.7 Å². The number of hydrogen-bond acceptors (Lipinski definition) is 6. The zero-order valence-corrected chi connectivity index (χ0v) is 21.3. The number of benzene rings is 2. The summed E-state index contributed by atoms with van der Waals surface area (Å²) in [4.78, 5) is 33.4. The molecule has 2 aromatic carbocycles. The monoisotopic (exact) mass is 496 g/mol. The standard InChI is InChI=1S/C29H29FN6O/c1-29(2)17-36(25-10-7-21(30)16-22(25)29)27-26-24(31-18-32-27)9-8-23(33-26)19-5-4-6-20(15-19)28(37)35-13-11-34(3)12-14-35/h4-10,15-16,18H,11-14,17H2,1-3H3. The molecule has 0 aliphatic carbocycles. The van der Waals surface area contributed by atoms with Gasteiger partial charge in [0, 0.05) is 55.0 Å². The van der Waals surface area contributed by atoms with E-state index in [4.69, 9.17) is 4.98 Å². The lowest BCUT2D eigenvalue weighted by molar-refractivity contribution is 0.0664. The maximum atomic E-state index is 14.1. The van der Waals surface area contributed by atoms with Gasteiger partial charge in [-0.1, -0.05) is 26.0 Å². The summed E-state index contributed by atoms with van der Waals surface area (Å²) >= 11 is 0. The van der Waals surface area contributed by atoms with Crippen molar-refractivity contribution in [1.82, 2.24) is 24.8 Å². The van der Waals surface area contributed by atoms with Gasteiger partial charge in [-0.2, -0.15) is 0 Å². The number of pyridine rings is 1. The van der Waals surface area contributed by atoms with E-state index in [1.807, 2.05) is 47.4 Å². The third-order valence-electron chi connectivity index (χ3n) is 7.45. The summed E-state index contributed by atoms with van der Waals surface area (Å²) in [6.45, 7) is 8.08. The molecule has 0 atom stereocenters. The average Bonchev–Trinajstić information content (AvgIpc) is 3.17. The van der Waals surface area contributed by atoms with E-state index in [-0.39, 0.29) is 17.1 Å². The highest BCUT2D eigenvalue weighted by atomic mass is 19.1. The Bertz CT molecular complexity index is 1510. The highest BCUT2D eigenvalue weighted by Gasteiger charge is 2.37. The van der Waals surface area contributed by atoms with E-state index in [0.717, 1.165) is 54.2 Å². The number of carbonyl (C=O) groups excluding carboxylic acids is 1. The average molecular weight is 497 g/mol. The van der Waals surface area contributed by atoms with Gasteiger partial charge < -0.3 is 14.7 Å². The summed E-state index contributed by atoms with van der Waals surface area (Å²) in [6, 6.07) is 16.4. The van der Waals surface area contributed by atoms with Gasteiger partial charge in [0.2, 0.25) is 0 Å². The predicted molar refractivity (Wildman–Crippen MR) is 143 cm³/mol. The molecule has 2 aliphatic rings. The lowest BCUT2D eigenvalue weighted by Crippen LogP contribution is -2.47. The molecular formula is C29H29FN6O. The first-order chi connectivity index (χ1) is 17.8. The maximum Gasteiger partial charge on any atom is 0.253 e. The smallest absolute Gasteiger partial charge is 0.253 e. The molecule has 7 nitrogen and oxygen atoms in total. The van der Waals surface area contributed by atoms with Crippen molar-refractivity contribution >= 4 is 28.4 Å². The van der Waals surface area contributed by atoms with Crippen LogP contribution in [0.2, 0.25) is 0 Å². The van der Waals surface area contributed by atoms with Crippen LogP contribution in [-0.2, 0) is 5.41 Å². The predicted octanol–water partition coefficient (Wildman–Crippen LogP) is 4.65. The van der Waals surface area contributed by atoms with Crippen LogP contribution < -0.4 is 4.90 Å². The van der Waals surface area contributed by atoms with Crippen molar-refractivity contribution in [2.45, 2.75) is 19.3 Å². The van der Waals surface area contributed by atoms with Gasteiger partial charge in [-0.15, -0.1) is 0 Å². The molecule has 1 saturated heterocycles. The molecule has 8 heteroatoms. The molecule has 6 rings (SSSR count).